The second kappa shape index (κ2) is 6.39. The molecule has 0 fully saturated rings. The molecule has 21 heavy (non-hydrogen) atoms. The van der Waals surface area contributed by atoms with Gasteiger partial charge in [0.05, 0.1) is 6.61 Å². The number of fused-ring (bicyclic) bond motifs is 1. The Balaban J connectivity index is 1.81. The number of halogens is 2. The van der Waals surface area contributed by atoms with E-state index in [0.29, 0.717) is 5.92 Å². The molecule has 110 valence electrons. The number of benzene rings is 2. The van der Waals surface area contributed by atoms with Gasteiger partial charge in [-0.05, 0) is 48.1 Å². The summed E-state index contributed by atoms with van der Waals surface area (Å²) in [4.78, 5) is 0. The highest BCUT2D eigenvalue weighted by Crippen LogP contribution is 2.39. The highest BCUT2D eigenvalue weighted by atomic mass is 79.9. The molecule has 0 spiro atoms. The molecule has 1 aliphatic rings. The summed E-state index contributed by atoms with van der Waals surface area (Å²) in [5.41, 5.74) is 8.65. The van der Waals surface area contributed by atoms with E-state index in [1.165, 1.54) is 5.56 Å². The van der Waals surface area contributed by atoms with Crippen molar-refractivity contribution in [2.24, 2.45) is 5.73 Å². The minimum Gasteiger partial charge on any atom is -0.493 e. The van der Waals surface area contributed by atoms with Gasteiger partial charge in [-0.1, -0.05) is 51.8 Å². The summed E-state index contributed by atoms with van der Waals surface area (Å²) >= 11 is 9.73. The van der Waals surface area contributed by atoms with Gasteiger partial charge in [0.25, 0.3) is 0 Å². The summed E-state index contributed by atoms with van der Waals surface area (Å²) in [7, 11) is 0. The zero-order valence-corrected chi connectivity index (χ0v) is 13.9. The van der Waals surface area contributed by atoms with Crippen LogP contribution in [0.15, 0.2) is 46.9 Å². The van der Waals surface area contributed by atoms with Crippen LogP contribution in [0.4, 0.5) is 0 Å². The molecule has 2 N–H and O–H groups in total. The quantitative estimate of drug-likeness (QED) is 0.824. The maximum absolute atomic E-state index is 6.39. The van der Waals surface area contributed by atoms with Crippen LogP contribution in [0.3, 0.4) is 0 Å². The normalized spacial score (nSPS) is 18.7. The first-order chi connectivity index (χ1) is 10.1. The Morgan fingerprint density at radius 2 is 2.10 bits per heavy atom. The molecule has 2 nitrogen and oxygen atoms in total. The highest BCUT2D eigenvalue weighted by molar-refractivity contribution is 9.10. The number of para-hydroxylation sites is 1. The van der Waals surface area contributed by atoms with Gasteiger partial charge < -0.3 is 10.5 Å². The number of rotatable bonds is 3. The predicted molar refractivity (Wildman–Crippen MR) is 90.0 cm³/mol. The molecular formula is C17H17BrClNO. The van der Waals surface area contributed by atoms with E-state index >= 15 is 0 Å². The van der Waals surface area contributed by atoms with E-state index in [9.17, 15) is 0 Å². The number of hydrogen-bond donors (Lipinski definition) is 1. The molecule has 2 atom stereocenters. The lowest BCUT2D eigenvalue weighted by atomic mass is 9.86. The fourth-order valence-electron chi connectivity index (χ4n) is 2.90. The Morgan fingerprint density at radius 3 is 2.90 bits per heavy atom. The summed E-state index contributed by atoms with van der Waals surface area (Å²) in [5, 5.41) is 0.720. The first kappa shape index (κ1) is 14.9. The molecular weight excluding hydrogens is 350 g/mol. The van der Waals surface area contributed by atoms with Gasteiger partial charge >= 0.3 is 0 Å². The van der Waals surface area contributed by atoms with Crippen molar-refractivity contribution in [3.63, 3.8) is 0 Å². The topological polar surface area (TPSA) is 35.2 Å². The van der Waals surface area contributed by atoms with Gasteiger partial charge in [-0.15, -0.1) is 0 Å². The Morgan fingerprint density at radius 1 is 1.29 bits per heavy atom. The average Bonchev–Trinajstić information content (AvgIpc) is 2.47. The van der Waals surface area contributed by atoms with Gasteiger partial charge in [-0.25, -0.2) is 0 Å². The van der Waals surface area contributed by atoms with Crippen LogP contribution >= 0.6 is 27.5 Å². The third-order valence-electron chi connectivity index (χ3n) is 3.98. The van der Waals surface area contributed by atoms with Crippen molar-refractivity contribution in [3.05, 3.63) is 63.1 Å². The molecule has 2 aromatic rings. The fraction of sp³-hybridized carbons (Fsp3) is 0.294. The van der Waals surface area contributed by atoms with Crippen LogP contribution in [0.5, 0.6) is 5.75 Å². The van der Waals surface area contributed by atoms with Crippen molar-refractivity contribution >= 4 is 27.5 Å². The Labute approximate surface area is 138 Å². The molecule has 0 radical (unpaired) electrons. The lowest BCUT2D eigenvalue weighted by Gasteiger charge is -2.28. The lowest BCUT2D eigenvalue weighted by Crippen LogP contribution is -2.20. The second-order valence-electron chi connectivity index (χ2n) is 5.38. The molecule has 2 unspecified atom stereocenters. The van der Waals surface area contributed by atoms with Crippen molar-refractivity contribution in [1.82, 2.24) is 0 Å². The monoisotopic (exact) mass is 365 g/mol. The molecule has 0 saturated heterocycles. The maximum Gasteiger partial charge on any atom is 0.122 e. The lowest BCUT2D eigenvalue weighted by molar-refractivity contribution is 0.259. The molecule has 0 saturated carbocycles. The summed E-state index contributed by atoms with van der Waals surface area (Å²) < 4.78 is 6.68. The average molecular weight is 367 g/mol. The number of nitrogens with two attached hydrogens (primary N) is 1. The summed E-state index contributed by atoms with van der Waals surface area (Å²) in [6.07, 6.45) is 1.88. The predicted octanol–water partition coefficient (Wildman–Crippen LogP) is 5.06. The van der Waals surface area contributed by atoms with Crippen LogP contribution in [-0.4, -0.2) is 6.61 Å². The van der Waals surface area contributed by atoms with Gasteiger partial charge in [-0.2, -0.15) is 0 Å². The smallest absolute Gasteiger partial charge is 0.122 e. The van der Waals surface area contributed by atoms with E-state index in [2.05, 4.69) is 28.1 Å². The Kier molecular flexibility index (Phi) is 4.53. The third kappa shape index (κ3) is 3.25. The minimum atomic E-state index is -0.0678. The van der Waals surface area contributed by atoms with E-state index in [1.54, 1.807) is 0 Å². The second-order valence-corrected chi connectivity index (χ2v) is 6.70. The van der Waals surface area contributed by atoms with E-state index in [0.717, 1.165) is 40.3 Å². The summed E-state index contributed by atoms with van der Waals surface area (Å²) in [6, 6.07) is 14.0. The van der Waals surface area contributed by atoms with E-state index in [-0.39, 0.29) is 6.04 Å². The highest BCUT2D eigenvalue weighted by Gasteiger charge is 2.24. The molecule has 0 amide bonds. The fourth-order valence-corrected chi connectivity index (χ4v) is 3.71. The molecule has 1 aliphatic heterocycles. The zero-order chi connectivity index (χ0) is 14.8. The van der Waals surface area contributed by atoms with Crippen molar-refractivity contribution < 1.29 is 4.74 Å². The molecule has 0 aliphatic carbocycles. The largest absolute Gasteiger partial charge is 0.493 e. The van der Waals surface area contributed by atoms with Gasteiger partial charge in [0, 0.05) is 15.5 Å². The van der Waals surface area contributed by atoms with E-state index in [4.69, 9.17) is 22.1 Å². The van der Waals surface area contributed by atoms with Gasteiger partial charge in [0.1, 0.15) is 5.75 Å². The van der Waals surface area contributed by atoms with Crippen molar-refractivity contribution in [3.8, 4) is 5.75 Å². The number of ether oxygens (including phenoxy) is 1. The molecule has 2 aromatic carbocycles. The molecule has 1 heterocycles. The van der Waals surface area contributed by atoms with Crippen LogP contribution in [-0.2, 0) is 0 Å². The zero-order valence-electron chi connectivity index (χ0n) is 11.6. The first-order valence-electron chi connectivity index (χ1n) is 7.07. The van der Waals surface area contributed by atoms with Gasteiger partial charge in [0.2, 0.25) is 0 Å². The molecule has 0 bridgehead atoms. The first-order valence-corrected chi connectivity index (χ1v) is 8.24. The van der Waals surface area contributed by atoms with Crippen LogP contribution in [0.25, 0.3) is 0 Å². The third-order valence-corrected chi connectivity index (χ3v) is 4.80. The van der Waals surface area contributed by atoms with Gasteiger partial charge in [0.15, 0.2) is 0 Å². The van der Waals surface area contributed by atoms with E-state index in [1.807, 2.05) is 30.3 Å². The Bertz CT molecular complexity index is 646. The van der Waals surface area contributed by atoms with E-state index < -0.39 is 0 Å². The Hall–Kier alpha value is -1.03. The van der Waals surface area contributed by atoms with Gasteiger partial charge in [-0.3, -0.25) is 0 Å². The van der Waals surface area contributed by atoms with Crippen molar-refractivity contribution in [1.29, 1.82) is 0 Å². The maximum atomic E-state index is 6.39. The van der Waals surface area contributed by atoms with Crippen molar-refractivity contribution in [2.45, 2.75) is 24.8 Å². The van der Waals surface area contributed by atoms with Crippen LogP contribution in [0.2, 0.25) is 5.02 Å². The van der Waals surface area contributed by atoms with Crippen molar-refractivity contribution in [2.75, 3.05) is 6.61 Å². The standard InChI is InChI=1S/C17H17BrClNO/c18-12-5-6-14(15(19)10-12)16(20)9-11-7-8-21-17-4-2-1-3-13(11)17/h1-6,10-11,16H,7-9,20H2. The minimum absolute atomic E-state index is 0.0678. The van der Waals surface area contributed by atoms with Crippen LogP contribution in [0.1, 0.15) is 35.9 Å². The molecule has 0 aromatic heterocycles. The van der Waals surface area contributed by atoms with Crippen LogP contribution in [0, 0.1) is 0 Å². The summed E-state index contributed by atoms with van der Waals surface area (Å²) in [6.45, 7) is 0.752. The SMILES string of the molecule is NC(CC1CCOc2ccccc21)c1ccc(Br)cc1Cl. The molecule has 3 rings (SSSR count). The summed E-state index contributed by atoms with van der Waals surface area (Å²) in [5.74, 6) is 1.41. The van der Waals surface area contributed by atoms with Crippen LogP contribution < -0.4 is 10.5 Å². The molecule has 4 heteroatoms. The number of hydrogen-bond acceptors (Lipinski definition) is 2.